The first-order valence-electron chi connectivity index (χ1n) is 17.6. The summed E-state index contributed by atoms with van der Waals surface area (Å²) in [5.41, 5.74) is 3.64. The van der Waals surface area contributed by atoms with Gasteiger partial charge in [0, 0.05) is 63.7 Å². The monoisotopic (exact) mass is 740 g/mol. The van der Waals surface area contributed by atoms with Crippen LogP contribution < -0.4 is 36.5 Å². The van der Waals surface area contributed by atoms with Crippen LogP contribution in [0, 0.1) is 5.92 Å². The number of halogens is 1. The fourth-order valence-electron chi connectivity index (χ4n) is 7.20. The molecule has 0 spiro atoms. The molecule has 53 heavy (non-hydrogen) atoms. The first-order chi connectivity index (χ1) is 25.6. The van der Waals surface area contributed by atoms with Gasteiger partial charge in [0.15, 0.2) is 18.2 Å². The zero-order valence-corrected chi connectivity index (χ0v) is 30.5. The molecule has 4 N–H and O–H groups in total. The van der Waals surface area contributed by atoms with Crippen LogP contribution in [0.15, 0.2) is 53.5 Å². The minimum atomic E-state index is -0.453. The van der Waals surface area contributed by atoms with Gasteiger partial charge in [0.1, 0.15) is 5.02 Å². The summed E-state index contributed by atoms with van der Waals surface area (Å²) in [4.78, 5) is 60.4. The zero-order valence-electron chi connectivity index (χ0n) is 29.7. The Bertz CT molecular complexity index is 2290. The molecule has 2 aliphatic rings. The number of carbonyl (C=O) groups is 3. The number of aromatic nitrogens is 5. The molecule has 0 bridgehead atoms. The van der Waals surface area contributed by atoms with Gasteiger partial charge in [-0.25, -0.2) is 4.98 Å². The lowest BCUT2D eigenvalue weighted by atomic mass is 9.92. The van der Waals surface area contributed by atoms with Gasteiger partial charge < -0.3 is 30.2 Å². The van der Waals surface area contributed by atoms with Crippen LogP contribution in [0.4, 0.5) is 23.1 Å². The molecule has 2 atom stereocenters. The number of imide groups is 1. The molecule has 0 aliphatic carbocycles. The highest BCUT2D eigenvalue weighted by molar-refractivity contribution is 6.33. The highest BCUT2D eigenvalue weighted by atomic mass is 35.5. The van der Waals surface area contributed by atoms with Crippen molar-refractivity contribution in [2.45, 2.75) is 38.0 Å². The number of amides is 3. The summed E-state index contributed by atoms with van der Waals surface area (Å²) in [6, 6.07) is 13.1. The van der Waals surface area contributed by atoms with Gasteiger partial charge in [0.2, 0.25) is 17.8 Å². The van der Waals surface area contributed by atoms with E-state index in [4.69, 9.17) is 26.4 Å². The van der Waals surface area contributed by atoms with Gasteiger partial charge in [-0.05, 0) is 61.9 Å². The smallest absolute Gasteiger partial charge is 0.293 e. The van der Waals surface area contributed by atoms with Crippen LogP contribution >= 0.6 is 11.6 Å². The third-order valence-electron chi connectivity index (χ3n) is 9.96. The van der Waals surface area contributed by atoms with E-state index < -0.39 is 5.92 Å². The Morgan fingerprint density at radius 3 is 2.77 bits per heavy atom. The van der Waals surface area contributed by atoms with Crippen LogP contribution in [0.25, 0.3) is 21.8 Å². The van der Waals surface area contributed by atoms with E-state index in [2.05, 4.69) is 31.2 Å². The van der Waals surface area contributed by atoms with Crippen LogP contribution in [-0.2, 0) is 28.5 Å². The normalized spacial score (nSPS) is 17.5. The van der Waals surface area contributed by atoms with Gasteiger partial charge in [-0.2, -0.15) is 10.1 Å². The highest BCUT2D eigenvalue weighted by Gasteiger charge is 2.32. The van der Waals surface area contributed by atoms with Gasteiger partial charge in [-0.3, -0.25) is 29.2 Å². The van der Waals surface area contributed by atoms with Crippen LogP contribution in [0.3, 0.4) is 0 Å². The van der Waals surface area contributed by atoms with Crippen molar-refractivity contribution in [3.05, 3.63) is 69.7 Å². The number of pyridine rings is 1. The average molecular weight is 741 g/mol. The van der Waals surface area contributed by atoms with Crippen LogP contribution in [0.1, 0.15) is 43.7 Å². The molecular formula is C37H41ClN10O5. The van der Waals surface area contributed by atoms with Crippen LogP contribution in [0.2, 0.25) is 5.02 Å². The highest BCUT2D eigenvalue weighted by Crippen LogP contribution is 2.34. The fourth-order valence-corrected chi connectivity index (χ4v) is 7.33. The number of benzene rings is 2. The summed E-state index contributed by atoms with van der Waals surface area (Å²) in [6.45, 7) is 2.10. The molecule has 2 aliphatic heterocycles. The van der Waals surface area contributed by atoms with Crippen molar-refractivity contribution in [3.63, 3.8) is 0 Å². The Labute approximate surface area is 310 Å². The minimum absolute atomic E-state index is 0.0749. The number of fused-ring (bicyclic) bond motifs is 2. The second-order valence-corrected chi connectivity index (χ2v) is 13.9. The largest absolute Gasteiger partial charge is 0.478 e. The SMILES string of the molecule is CNC(=O)COc1cc2cc(Nc3nc(N4CCC[C@@H](CCNc5cccc6c(C7CCC(=O)NC7=O)nn(C)c56)C4)ncc3Cl)ccc2n(C)c1=O. The Morgan fingerprint density at radius 1 is 1.11 bits per heavy atom. The predicted octanol–water partition coefficient (Wildman–Crippen LogP) is 3.98. The first-order valence-corrected chi connectivity index (χ1v) is 18.0. The van der Waals surface area contributed by atoms with Crippen molar-refractivity contribution in [1.82, 2.24) is 34.9 Å². The third kappa shape index (κ3) is 7.47. The Morgan fingerprint density at radius 2 is 1.96 bits per heavy atom. The number of aryl methyl sites for hydroxylation is 2. The van der Waals surface area contributed by atoms with Crippen molar-refractivity contribution < 1.29 is 19.1 Å². The topological polar surface area (TPSA) is 177 Å². The molecule has 2 fully saturated rings. The number of likely N-dealkylation sites (N-methyl/N-ethyl adjacent to an activating group) is 1. The van der Waals surface area contributed by atoms with E-state index in [-0.39, 0.29) is 35.6 Å². The van der Waals surface area contributed by atoms with Gasteiger partial charge in [0.25, 0.3) is 11.5 Å². The zero-order chi connectivity index (χ0) is 37.2. The molecule has 0 saturated carbocycles. The second kappa shape index (κ2) is 15.1. The standard InChI is InChI=1S/C37H41ClN10O5/c1-39-31(50)20-53-29-17-22-16-23(9-11-28(22)46(2)36(29)52)42-34-26(38)18-41-37(44-34)48-15-5-6-21(19-48)13-14-40-27-8-4-7-24-32(45-47(3)33(24)27)25-10-12-30(49)43-35(25)51/h4,7-9,11,16-18,21,25,40H,5-6,10,12-15,19-20H2,1-3H3,(H,39,50)(H,41,42,44)(H,43,49,51)/t21-,25?/m0/s1. The molecule has 15 nitrogen and oxygen atoms in total. The fraction of sp³-hybridized carbons (Fsp3) is 0.378. The quantitative estimate of drug-likeness (QED) is 0.144. The number of para-hydroxylation sites is 1. The third-order valence-corrected chi connectivity index (χ3v) is 10.2. The summed E-state index contributed by atoms with van der Waals surface area (Å²) < 4.78 is 8.79. The Balaban J connectivity index is 1.01. The van der Waals surface area contributed by atoms with E-state index in [9.17, 15) is 19.2 Å². The molecule has 3 amide bonds. The van der Waals surface area contributed by atoms with E-state index in [1.54, 1.807) is 19.3 Å². The molecule has 276 valence electrons. The molecule has 1 unspecified atom stereocenters. The van der Waals surface area contributed by atoms with Crippen molar-refractivity contribution in [2.75, 3.05) is 48.8 Å². The number of anilines is 4. The van der Waals surface area contributed by atoms with Crippen molar-refractivity contribution >= 4 is 74.3 Å². The lowest BCUT2D eigenvalue weighted by molar-refractivity contribution is -0.134. The molecule has 16 heteroatoms. The summed E-state index contributed by atoms with van der Waals surface area (Å²) in [7, 11) is 5.04. The summed E-state index contributed by atoms with van der Waals surface area (Å²) >= 11 is 6.57. The van der Waals surface area contributed by atoms with Crippen molar-refractivity contribution in [3.8, 4) is 5.75 Å². The van der Waals surface area contributed by atoms with Crippen LogP contribution in [-0.4, -0.2) is 75.3 Å². The van der Waals surface area contributed by atoms with E-state index in [0.29, 0.717) is 52.4 Å². The maximum atomic E-state index is 12.8. The minimum Gasteiger partial charge on any atom is -0.478 e. The van der Waals surface area contributed by atoms with Crippen molar-refractivity contribution in [2.24, 2.45) is 20.0 Å². The number of nitrogens with one attached hydrogen (secondary N) is 4. The number of rotatable bonds is 11. The van der Waals surface area contributed by atoms with Gasteiger partial charge in [-0.1, -0.05) is 23.7 Å². The Kier molecular flexibility index (Phi) is 10.2. The molecule has 3 aromatic heterocycles. The first kappa shape index (κ1) is 35.7. The molecule has 2 aromatic carbocycles. The molecule has 2 saturated heterocycles. The van der Waals surface area contributed by atoms with Gasteiger partial charge in [0.05, 0.1) is 34.5 Å². The van der Waals surface area contributed by atoms with E-state index in [1.165, 1.54) is 11.6 Å². The van der Waals surface area contributed by atoms with E-state index >= 15 is 0 Å². The number of ether oxygens (including phenoxy) is 1. The lowest BCUT2D eigenvalue weighted by Gasteiger charge is -2.33. The van der Waals surface area contributed by atoms with Gasteiger partial charge >= 0.3 is 0 Å². The number of nitrogens with zero attached hydrogens (tertiary/aromatic N) is 6. The summed E-state index contributed by atoms with van der Waals surface area (Å²) in [5, 5.41) is 18.6. The number of hydrogen-bond donors (Lipinski definition) is 4. The number of piperidine rings is 2. The van der Waals surface area contributed by atoms with E-state index in [1.807, 2.05) is 48.1 Å². The number of carbonyl (C=O) groups excluding carboxylic acids is 3. The maximum absolute atomic E-state index is 12.8. The Hall–Kier alpha value is -5.70. The summed E-state index contributed by atoms with van der Waals surface area (Å²) in [5.74, 6) is 0.202. The maximum Gasteiger partial charge on any atom is 0.293 e. The second-order valence-electron chi connectivity index (χ2n) is 13.5. The predicted molar refractivity (Wildman–Crippen MR) is 203 cm³/mol. The average Bonchev–Trinajstić information content (AvgIpc) is 3.49. The lowest BCUT2D eigenvalue weighted by Crippen LogP contribution is -2.39. The molecular weight excluding hydrogens is 700 g/mol. The van der Waals surface area contributed by atoms with Crippen LogP contribution in [0.5, 0.6) is 5.75 Å². The molecule has 7 rings (SSSR count). The molecule has 0 radical (unpaired) electrons. The van der Waals surface area contributed by atoms with Crippen molar-refractivity contribution in [1.29, 1.82) is 0 Å². The van der Waals surface area contributed by atoms with E-state index in [0.717, 1.165) is 60.9 Å². The summed E-state index contributed by atoms with van der Waals surface area (Å²) in [6.07, 6.45) is 5.37. The molecule has 5 heterocycles. The van der Waals surface area contributed by atoms with Gasteiger partial charge in [-0.15, -0.1) is 0 Å². The molecule has 5 aromatic rings. The number of hydrogen-bond acceptors (Lipinski definition) is 11.